The summed E-state index contributed by atoms with van der Waals surface area (Å²) in [6.45, 7) is 4.49. The van der Waals surface area contributed by atoms with Crippen LogP contribution in [0.2, 0.25) is 0 Å². The van der Waals surface area contributed by atoms with Crippen LogP contribution in [0.25, 0.3) is 0 Å². The van der Waals surface area contributed by atoms with Gasteiger partial charge in [-0.3, -0.25) is 0 Å². The molecule has 0 unspecified atom stereocenters. The zero-order valence-electron chi connectivity index (χ0n) is 9.84. The smallest absolute Gasteiger partial charge is 0.0571 e. The average molecular weight is 198 g/mol. The van der Waals surface area contributed by atoms with Gasteiger partial charge < -0.3 is 5.11 Å². The minimum atomic E-state index is 0.0170. The lowest BCUT2D eigenvalue weighted by molar-refractivity contribution is 0.108. The molecule has 0 saturated heterocycles. The van der Waals surface area contributed by atoms with E-state index >= 15 is 0 Å². The van der Waals surface area contributed by atoms with Crippen LogP contribution in [0.1, 0.15) is 65.2 Å². The number of unbranched alkanes of at least 4 members (excludes halogenated alkanes) is 2. The van der Waals surface area contributed by atoms with Crippen molar-refractivity contribution in [2.45, 2.75) is 71.3 Å². The molecule has 1 heteroatoms. The molecule has 0 bridgehead atoms. The van der Waals surface area contributed by atoms with Crippen molar-refractivity contribution in [3.8, 4) is 0 Å². The summed E-state index contributed by atoms with van der Waals surface area (Å²) in [5.41, 5.74) is 0. The summed E-state index contributed by atoms with van der Waals surface area (Å²) in [7, 11) is 0. The van der Waals surface area contributed by atoms with E-state index in [-0.39, 0.29) is 6.10 Å². The number of hydrogen-bond acceptors (Lipinski definition) is 1. The number of aliphatic hydroxyl groups is 1. The Morgan fingerprint density at radius 1 is 1.00 bits per heavy atom. The monoisotopic (exact) mass is 198 g/mol. The van der Waals surface area contributed by atoms with Gasteiger partial charge in [-0.15, -0.1) is 0 Å². The van der Waals surface area contributed by atoms with Crippen LogP contribution < -0.4 is 0 Å². The molecule has 0 aromatic heterocycles. The van der Waals surface area contributed by atoms with Crippen LogP contribution in [-0.2, 0) is 0 Å². The normalized spacial score (nSPS) is 32.4. The molecule has 1 nitrogen and oxygen atoms in total. The van der Waals surface area contributed by atoms with Gasteiger partial charge in [-0.25, -0.2) is 0 Å². The molecule has 0 aliphatic heterocycles. The molecule has 0 amide bonds. The fraction of sp³-hybridized carbons (Fsp3) is 1.00. The Kier molecular flexibility index (Phi) is 5.54. The largest absolute Gasteiger partial charge is 0.393 e. The van der Waals surface area contributed by atoms with E-state index in [4.69, 9.17) is 0 Å². The third-order valence-corrected chi connectivity index (χ3v) is 3.75. The van der Waals surface area contributed by atoms with E-state index in [1.54, 1.807) is 0 Å². The number of hydrogen-bond donors (Lipinski definition) is 1. The highest BCUT2D eigenvalue weighted by Crippen LogP contribution is 2.38. The Morgan fingerprint density at radius 2 is 1.64 bits per heavy atom. The highest BCUT2D eigenvalue weighted by atomic mass is 16.3. The molecular weight excluding hydrogens is 172 g/mol. The topological polar surface area (TPSA) is 20.2 Å². The molecule has 1 rings (SSSR count). The molecule has 84 valence electrons. The quantitative estimate of drug-likeness (QED) is 0.689. The third-order valence-electron chi connectivity index (χ3n) is 3.75. The molecule has 0 aromatic rings. The second-order valence-corrected chi connectivity index (χ2v) is 4.85. The molecular formula is C13H26O. The first-order valence-corrected chi connectivity index (χ1v) is 6.47. The van der Waals surface area contributed by atoms with Gasteiger partial charge in [0.25, 0.3) is 0 Å². The van der Waals surface area contributed by atoms with Crippen molar-refractivity contribution in [1.82, 2.24) is 0 Å². The maximum absolute atomic E-state index is 9.89. The van der Waals surface area contributed by atoms with Gasteiger partial charge in [-0.1, -0.05) is 46.0 Å². The van der Waals surface area contributed by atoms with E-state index in [0.717, 1.165) is 12.3 Å². The van der Waals surface area contributed by atoms with Crippen LogP contribution in [0.5, 0.6) is 0 Å². The maximum Gasteiger partial charge on any atom is 0.0571 e. The average Bonchev–Trinajstić information content (AvgIpc) is 2.53. The molecule has 0 radical (unpaired) electrons. The Bertz CT molecular complexity index is 144. The first kappa shape index (κ1) is 12.0. The van der Waals surface area contributed by atoms with Crippen molar-refractivity contribution in [2.24, 2.45) is 11.8 Å². The van der Waals surface area contributed by atoms with E-state index < -0.39 is 0 Å². The van der Waals surface area contributed by atoms with Gasteiger partial charge in [0.15, 0.2) is 0 Å². The third kappa shape index (κ3) is 3.27. The first-order valence-electron chi connectivity index (χ1n) is 6.47. The SMILES string of the molecule is CCCC[C@@H]1CC[C@@H](O)[C@@H]1CCCC. The van der Waals surface area contributed by atoms with Crippen molar-refractivity contribution >= 4 is 0 Å². The lowest BCUT2D eigenvalue weighted by Crippen LogP contribution is -2.19. The van der Waals surface area contributed by atoms with Crippen LogP contribution in [0, 0.1) is 11.8 Å². The summed E-state index contributed by atoms with van der Waals surface area (Å²) in [6, 6.07) is 0. The van der Waals surface area contributed by atoms with Crippen molar-refractivity contribution in [2.75, 3.05) is 0 Å². The van der Waals surface area contributed by atoms with E-state index in [0.29, 0.717) is 5.92 Å². The summed E-state index contributed by atoms with van der Waals surface area (Å²) in [4.78, 5) is 0. The number of rotatable bonds is 6. The first-order chi connectivity index (χ1) is 6.79. The van der Waals surface area contributed by atoms with Crippen LogP contribution in [-0.4, -0.2) is 11.2 Å². The fourth-order valence-electron chi connectivity index (χ4n) is 2.82. The van der Waals surface area contributed by atoms with Crippen molar-refractivity contribution < 1.29 is 5.11 Å². The minimum Gasteiger partial charge on any atom is -0.393 e. The van der Waals surface area contributed by atoms with Gasteiger partial charge in [-0.2, -0.15) is 0 Å². The predicted octanol–water partition coefficient (Wildman–Crippen LogP) is 3.75. The predicted molar refractivity (Wildman–Crippen MR) is 61.3 cm³/mol. The molecule has 1 aliphatic carbocycles. The lowest BCUT2D eigenvalue weighted by atomic mass is 9.86. The van der Waals surface area contributed by atoms with E-state index in [9.17, 15) is 5.11 Å². The Hall–Kier alpha value is -0.0400. The van der Waals surface area contributed by atoms with Gasteiger partial charge >= 0.3 is 0 Å². The highest BCUT2D eigenvalue weighted by molar-refractivity contribution is 4.84. The van der Waals surface area contributed by atoms with Gasteiger partial charge in [-0.05, 0) is 31.1 Å². The van der Waals surface area contributed by atoms with Crippen LogP contribution in [0.3, 0.4) is 0 Å². The summed E-state index contributed by atoms with van der Waals surface area (Å²) in [5.74, 6) is 1.46. The minimum absolute atomic E-state index is 0.0170. The highest BCUT2D eigenvalue weighted by Gasteiger charge is 2.33. The van der Waals surface area contributed by atoms with Crippen LogP contribution in [0.4, 0.5) is 0 Å². The standard InChI is InChI=1S/C13H26O/c1-3-5-7-11-9-10-13(14)12(11)8-6-4-2/h11-14H,3-10H2,1-2H3/t11-,12-,13-/m1/s1. The van der Waals surface area contributed by atoms with Gasteiger partial charge in [0.2, 0.25) is 0 Å². The van der Waals surface area contributed by atoms with Crippen LogP contribution in [0.15, 0.2) is 0 Å². The van der Waals surface area contributed by atoms with E-state index in [1.165, 1.54) is 44.9 Å². The molecule has 1 fully saturated rings. The molecule has 1 saturated carbocycles. The Morgan fingerprint density at radius 3 is 2.29 bits per heavy atom. The van der Waals surface area contributed by atoms with Gasteiger partial charge in [0.1, 0.15) is 0 Å². The Labute approximate surface area is 88.9 Å². The molecule has 0 spiro atoms. The van der Waals surface area contributed by atoms with Crippen molar-refractivity contribution in [3.63, 3.8) is 0 Å². The van der Waals surface area contributed by atoms with Crippen molar-refractivity contribution in [3.05, 3.63) is 0 Å². The molecule has 3 atom stereocenters. The maximum atomic E-state index is 9.89. The zero-order chi connectivity index (χ0) is 10.4. The molecule has 1 aliphatic rings. The molecule has 14 heavy (non-hydrogen) atoms. The van der Waals surface area contributed by atoms with Crippen molar-refractivity contribution in [1.29, 1.82) is 0 Å². The van der Waals surface area contributed by atoms with Crippen LogP contribution >= 0.6 is 0 Å². The second-order valence-electron chi connectivity index (χ2n) is 4.85. The summed E-state index contributed by atoms with van der Waals surface area (Å²) in [5, 5.41) is 9.89. The molecule has 0 heterocycles. The molecule has 0 aromatic carbocycles. The second kappa shape index (κ2) is 6.44. The Balaban J connectivity index is 2.32. The molecule has 1 N–H and O–H groups in total. The fourth-order valence-corrected chi connectivity index (χ4v) is 2.82. The number of aliphatic hydroxyl groups excluding tert-OH is 1. The van der Waals surface area contributed by atoms with Gasteiger partial charge in [0.05, 0.1) is 6.10 Å². The van der Waals surface area contributed by atoms with E-state index in [2.05, 4.69) is 13.8 Å². The lowest BCUT2D eigenvalue weighted by Gasteiger charge is -2.21. The van der Waals surface area contributed by atoms with Gasteiger partial charge in [0, 0.05) is 0 Å². The zero-order valence-corrected chi connectivity index (χ0v) is 9.84. The summed E-state index contributed by atoms with van der Waals surface area (Å²) >= 11 is 0. The summed E-state index contributed by atoms with van der Waals surface area (Å²) < 4.78 is 0. The summed E-state index contributed by atoms with van der Waals surface area (Å²) in [6.07, 6.45) is 10.2. The van der Waals surface area contributed by atoms with E-state index in [1.807, 2.05) is 0 Å².